The lowest BCUT2D eigenvalue weighted by Crippen LogP contribution is -2.43. The number of nitrogens with zero attached hydrogens (tertiary/aromatic N) is 4. The Morgan fingerprint density at radius 1 is 0.282 bits per heavy atom. The van der Waals surface area contributed by atoms with Crippen molar-refractivity contribution in [2.75, 3.05) is 238 Å². The topological polar surface area (TPSA) is 632 Å². The first-order valence-electron chi connectivity index (χ1n) is 41.0. The van der Waals surface area contributed by atoms with Gasteiger partial charge in [-0.05, 0) is 44.9 Å². The number of rotatable bonds is 78. The summed E-state index contributed by atoms with van der Waals surface area (Å²) in [6.07, 6.45) is -11.8. The Hall–Kier alpha value is -9.57. The van der Waals surface area contributed by atoms with E-state index < -0.39 is 215 Å². The van der Waals surface area contributed by atoms with Gasteiger partial charge in [0.15, 0.2) is 47.8 Å². The number of ketones is 4. The van der Waals surface area contributed by atoms with Crippen LogP contribution in [0.15, 0.2) is 0 Å². The van der Waals surface area contributed by atoms with Crippen LogP contribution in [0.1, 0.15) is 110 Å². The number of nitrogens with two attached hydrogens (primary N) is 1. The zero-order valence-electron chi connectivity index (χ0n) is 71.7. The molecule has 0 aromatic heterocycles. The fourth-order valence-electron chi connectivity index (χ4n) is 10.5. The van der Waals surface area contributed by atoms with Crippen molar-refractivity contribution in [3.05, 3.63) is 0 Å². The standard InChI is InChI=1S/C37H56F4O20.C37H54N4O21.C3H6FNO2.CH4/c38-29(33(46)47)5-1-25(42)17-54-9-13-58-21-37(22-59-14-10-55-18-26(43)2-6-30(39)34(48)49,23-60-15-11-56-19-27(44)3-7-31(40)35(50)51)24-61-16-12-57-20-28(45)4-8-32(41)36(52)53;42-28-4-1-9-38(28)59-33(47)20-51-12-16-55-24-37(25-56-17-13-52-21-34(48)60-39-10-2-5-29(39)43,26-57-18-14-53-22-35(49)61-40-11-3-6-30(40)44)27-58-19-15-54-23-36(50)62-41-31(45)7-8-32(41)46;4-2(1-5)3(6)7;/h29-32H,1-24H2,(H,46,47)(H,48,49)(H,50,51)(H,52,53);1-27H2;2H,1,5H2,(H,6,7);1H4/t29-,30-,31-,32-;;2-;/m1.1./s1. The molecule has 53 heteroatoms. The lowest BCUT2D eigenvalue weighted by Gasteiger charge is -2.33. The summed E-state index contributed by atoms with van der Waals surface area (Å²) in [6.45, 7) is -5.42. The van der Waals surface area contributed by atoms with Crippen molar-refractivity contribution in [3.63, 3.8) is 0 Å². The summed E-state index contributed by atoms with van der Waals surface area (Å²) >= 11 is 0. The van der Waals surface area contributed by atoms with Gasteiger partial charge in [-0.15, -0.1) is 5.06 Å². The fraction of sp³-hybridized carbons (Fsp3) is 0.769. The molecule has 0 aromatic rings. The van der Waals surface area contributed by atoms with E-state index >= 15 is 0 Å². The first-order chi connectivity index (χ1) is 62.0. The highest BCUT2D eigenvalue weighted by atomic mass is 19.2. The quantitative estimate of drug-likeness (QED) is 0.0245. The molecule has 0 aliphatic carbocycles. The summed E-state index contributed by atoms with van der Waals surface area (Å²) in [6, 6.07) is 0. The first-order valence-corrected chi connectivity index (χ1v) is 41.0. The van der Waals surface area contributed by atoms with Crippen molar-refractivity contribution in [2.24, 2.45) is 16.6 Å². The second-order valence-corrected chi connectivity index (χ2v) is 28.6. The van der Waals surface area contributed by atoms with Gasteiger partial charge in [0, 0.05) is 64.3 Å². The number of carbonyl (C=O) groups is 18. The minimum atomic E-state index is -2.20. The molecule has 48 nitrogen and oxygen atoms in total. The Kier molecular flexibility index (Phi) is 64.8. The molecular weight excluding hydrogens is 1790 g/mol. The average molecular weight is 1910 g/mol. The Labute approximate surface area is 748 Å². The molecule has 0 radical (unpaired) electrons. The number of hydrogen-bond acceptors (Lipinski definition) is 39. The van der Waals surface area contributed by atoms with Crippen molar-refractivity contribution in [2.45, 2.75) is 141 Å². The lowest BCUT2D eigenvalue weighted by atomic mass is 9.92. The molecule has 5 amide bonds. The third kappa shape index (κ3) is 57.5. The van der Waals surface area contributed by atoms with Crippen LogP contribution in [0.4, 0.5) is 22.0 Å². The molecule has 4 fully saturated rings. The molecule has 0 unspecified atom stereocenters. The average Bonchev–Trinajstić information content (AvgIpc) is 1.82. The molecule has 131 heavy (non-hydrogen) atoms. The van der Waals surface area contributed by atoms with Gasteiger partial charge < -0.3 is 126 Å². The van der Waals surface area contributed by atoms with E-state index in [-0.39, 0.29) is 222 Å². The van der Waals surface area contributed by atoms with Crippen molar-refractivity contribution < 1.29 is 229 Å². The molecule has 0 aromatic carbocycles. The molecule has 4 aliphatic heterocycles. The van der Waals surface area contributed by atoms with E-state index in [0.29, 0.717) is 63.2 Å². The summed E-state index contributed by atoms with van der Waals surface area (Å²) in [7, 11) is 0. The highest BCUT2D eigenvalue weighted by molar-refractivity contribution is 6.01. The molecule has 4 saturated heterocycles. The summed E-state index contributed by atoms with van der Waals surface area (Å²) in [4.78, 5) is 227. The van der Waals surface area contributed by atoms with Gasteiger partial charge in [0.05, 0.1) is 189 Å². The van der Waals surface area contributed by atoms with Crippen LogP contribution in [0.25, 0.3) is 0 Å². The van der Waals surface area contributed by atoms with Crippen LogP contribution in [0.2, 0.25) is 0 Å². The van der Waals surface area contributed by atoms with Crippen molar-refractivity contribution in [1.82, 2.24) is 20.3 Å². The Morgan fingerprint density at radius 3 is 0.649 bits per heavy atom. The molecule has 0 bridgehead atoms. The Balaban J connectivity index is 0.00000121. The van der Waals surface area contributed by atoms with E-state index in [2.05, 4.69) is 5.73 Å². The maximum Gasteiger partial charge on any atom is 0.358 e. The smallest absolute Gasteiger partial charge is 0.358 e. The molecular formula is C78H120F5N5O43. The number of imide groups is 1. The summed E-state index contributed by atoms with van der Waals surface area (Å²) in [5.41, 5.74) is 2.40. The normalized spacial score (nSPS) is 15.0. The number of hydroxylamine groups is 8. The van der Waals surface area contributed by atoms with Gasteiger partial charge in [0.2, 0.25) is 6.17 Å². The molecule has 0 saturated carbocycles. The van der Waals surface area contributed by atoms with Crippen LogP contribution in [0.3, 0.4) is 0 Å². The SMILES string of the molecule is C.NC[C@@H](F)C(=O)O.O=C(CC[C@@H](F)C(=O)O)COCCOCC(COCCOCC(=O)CC[C@@H](F)C(=O)O)(COCCOCC(=O)CC[C@@H](F)C(=O)O)COCCOCC(=O)CC[C@@H](F)C(=O)O.O=C(COCCOCC(COCCOCC(=O)ON1CCCC1=O)(COCCOCC(=O)ON1CCCC1=O)COCCOCC(=O)ON1C(=O)CCC1=O)ON1CCCC1=O. The van der Waals surface area contributed by atoms with Gasteiger partial charge in [-0.2, -0.15) is 15.2 Å². The monoisotopic (exact) mass is 1910 g/mol. The third-order valence-corrected chi connectivity index (χ3v) is 17.4. The van der Waals surface area contributed by atoms with Crippen molar-refractivity contribution >= 4 is 106 Å². The first kappa shape index (κ1) is 119. The molecule has 4 aliphatic rings. The Bertz CT molecular complexity index is 3160. The van der Waals surface area contributed by atoms with Gasteiger partial charge in [-0.3, -0.25) is 43.2 Å². The van der Waals surface area contributed by atoms with Gasteiger partial charge >= 0.3 is 53.7 Å². The number of carboxylic acid groups (broad SMARTS) is 5. The van der Waals surface area contributed by atoms with Gasteiger partial charge in [0.25, 0.3) is 29.5 Å². The van der Waals surface area contributed by atoms with Crippen LogP contribution in [0, 0.1) is 10.8 Å². The molecule has 0 spiro atoms. The number of carbonyl (C=O) groups excluding carboxylic acids is 13. The number of Topliss-reactive ketones (excluding diaryl/α,β-unsaturated/α-hetero) is 4. The highest BCUT2D eigenvalue weighted by Crippen LogP contribution is 2.24. The number of hydrogen-bond donors (Lipinski definition) is 6. The molecule has 5 atom stereocenters. The van der Waals surface area contributed by atoms with E-state index in [1.807, 2.05) is 0 Å². The van der Waals surface area contributed by atoms with Crippen molar-refractivity contribution in [3.8, 4) is 0 Å². The minimum absolute atomic E-state index is 0. The second-order valence-electron chi connectivity index (χ2n) is 28.6. The molecule has 4 heterocycles. The Morgan fingerprint density at radius 2 is 0.473 bits per heavy atom. The van der Waals surface area contributed by atoms with Gasteiger partial charge in [-0.25, -0.2) is 65.1 Å². The zero-order chi connectivity index (χ0) is 96.5. The minimum Gasteiger partial charge on any atom is -0.479 e. The predicted molar refractivity (Wildman–Crippen MR) is 422 cm³/mol. The van der Waals surface area contributed by atoms with E-state index in [1.165, 1.54) is 0 Å². The van der Waals surface area contributed by atoms with E-state index in [0.717, 1.165) is 15.2 Å². The van der Waals surface area contributed by atoms with Gasteiger partial charge in [0.1, 0.15) is 52.9 Å². The number of alkyl halides is 5. The number of ether oxygens (including phenoxy) is 16. The predicted octanol–water partition coefficient (Wildman–Crippen LogP) is -0.848. The maximum absolute atomic E-state index is 13.3. The van der Waals surface area contributed by atoms with Crippen LogP contribution in [0.5, 0.6) is 0 Å². The fourth-order valence-corrected chi connectivity index (χ4v) is 10.5. The summed E-state index contributed by atoms with van der Waals surface area (Å²) < 4.78 is 154. The highest BCUT2D eigenvalue weighted by Gasteiger charge is 2.37. The van der Waals surface area contributed by atoms with Crippen LogP contribution >= 0.6 is 0 Å². The second kappa shape index (κ2) is 71.1. The molecule has 7 N–H and O–H groups in total. The summed E-state index contributed by atoms with van der Waals surface area (Å²) in [5, 5.41) is 45.6. The van der Waals surface area contributed by atoms with E-state index in [4.69, 9.17) is 121 Å². The van der Waals surface area contributed by atoms with Crippen LogP contribution in [-0.4, -0.2) is 421 Å². The van der Waals surface area contributed by atoms with Gasteiger partial charge in [-0.1, -0.05) is 7.43 Å². The number of halogens is 5. The number of carboxylic acids is 5. The van der Waals surface area contributed by atoms with Crippen LogP contribution < -0.4 is 5.73 Å². The summed E-state index contributed by atoms with van der Waals surface area (Å²) in [5.74, 6) is -15.8. The van der Waals surface area contributed by atoms with Crippen molar-refractivity contribution in [1.29, 1.82) is 0 Å². The third-order valence-electron chi connectivity index (χ3n) is 17.4. The maximum atomic E-state index is 13.3. The lowest BCUT2D eigenvalue weighted by molar-refractivity contribution is -0.200. The number of amides is 5. The van der Waals surface area contributed by atoms with E-state index in [1.54, 1.807) is 0 Å². The molecule has 750 valence electrons. The molecule has 4 rings (SSSR count). The van der Waals surface area contributed by atoms with E-state index in [9.17, 15) is 108 Å². The largest absolute Gasteiger partial charge is 0.479 e. The zero-order valence-corrected chi connectivity index (χ0v) is 71.7. The number of aliphatic carboxylic acids is 5. The van der Waals surface area contributed by atoms with Crippen LogP contribution in [-0.2, 0) is 181 Å².